The van der Waals surface area contributed by atoms with Crippen molar-refractivity contribution in [1.82, 2.24) is 0 Å². The molecule has 116 valence electrons. The van der Waals surface area contributed by atoms with Crippen molar-refractivity contribution in [2.75, 3.05) is 24.7 Å². The Morgan fingerprint density at radius 1 is 1.43 bits per heavy atom. The highest BCUT2D eigenvalue weighted by molar-refractivity contribution is 5.96. The van der Waals surface area contributed by atoms with Gasteiger partial charge in [0, 0.05) is 17.9 Å². The third-order valence-corrected chi connectivity index (χ3v) is 4.36. The molecular formula is C17H26N2O2. The van der Waals surface area contributed by atoms with Crippen LogP contribution < -0.4 is 11.1 Å². The zero-order valence-electron chi connectivity index (χ0n) is 13.0. The Kier molecular flexibility index (Phi) is 5.48. The van der Waals surface area contributed by atoms with Gasteiger partial charge in [-0.2, -0.15) is 0 Å². The first-order valence-corrected chi connectivity index (χ1v) is 7.82. The van der Waals surface area contributed by atoms with E-state index < -0.39 is 0 Å². The van der Waals surface area contributed by atoms with E-state index in [1.54, 1.807) is 12.1 Å². The fourth-order valence-corrected chi connectivity index (χ4v) is 3.23. The SMILES string of the molecule is COC(=O)c1cc(N)ccc1NCCC1CCCC(C)C1. The number of hydrogen-bond acceptors (Lipinski definition) is 4. The summed E-state index contributed by atoms with van der Waals surface area (Å²) in [6.07, 6.45) is 6.52. The number of anilines is 2. The number of nitrogen functional groups attached to an aromatic ring is 1. The van der Waals surface area contributed by atoms with Crippen LogP contribution in [-0.4, -0.2) is 19.6 Å². The molecule has 2 rings (SSSR count). The van der Waals surface area contributed by atoms with Gasteiger partial charge in [-0.1, -0.05) is 26.2 Å². The molecule has 0 spiro atoms. The fraction of sp³-hybridized carbons (Fsp3) is 0.588. The molecule has 1 aromatic rings. The lowest BCUT2D eigenvalue weighted by Gasteiger charge is -2.26. The van der Waals surface area contributed by atoms with E-state index in [0.717, 1.165) is 30.5 Å². The second-order valence-electron chi connectivity index (χ2n) is 6.15. The summed E-state index contributed by atoms with van der Waals surface area (Å²) in [6.45, 7) is 3.22. The number of nitrogens with two attached hydrogens (primary N) is 1. The number of carbonyl (C=O) groups is 1. The highest BCUT2D eigenvalue weighted by Gasteiger charge is 2.18. The fourth-order valence-electron chi connectivity index (χ4n) is 3.23. The monoisotopic (exact) mass is 290 g/mol. The lowest BCUT2D eigenvalue weighted by atomic mass is 9.81. The molecule has 4 nitrogen and oxygen atoms in total. The van der Waals surface area contributed by atoms with Crippen molar-refractivity contribution in [2.45, 2.75) is 39.0 Å². The van der Waals surface area contributed by atoms with Crippen molar-refractivity contribution in [3.05, 3.63) is 23.8 Å². The molecule has 1 saturated carbocycles. The van der Waals surface area contributed by atoms with Gasteiger partial charge in [-0.05, 0) is 42.9 Å². The van der Waals surface area contributed by atoms with Crippen LogP contribution in [0.2, 0.25) is 0 Å². The minimum absolute atomic E-state index is 0.351. The maximum Gasteiger partial charge on any atom is 0.340 e. The van der Waals surface area contributed by atoms with Crippen molar-refractivity contribution in [1.29, 1.82) is 0 Å². The number of rotatable bonds is 5. The molecule has 2 atom stereocenters. The Balaban J connectivity index is 1.92. The average molecular weight is 290 g/mol. The molecule has 0 aliphatic heterocycles. The van der Waals surface area contributed by atoms with E-state index in [1.165, 1.54) is 32.8 Å². The molecule has 1 aliphatic carbocycles. The van der Waals surface area contributed by atoms with Crippen LogP contribution in [0.1, 0.15) is 49.4 Å². The summed E-state index contributed by atoms with van der Waals surface area (Å²) in [4.78, 5) is 11.8. The molecule has 0 heterocycles. The molecule has 0 aromatic heterocycles. The van der Waals surface area contributed by atoms with Crippen LogP contribution in [0.4, 0.5) is 11.4 Å². The van der Waals surface area contributed by atoms with Crippen molar-refractivity contribution in [2.24, 2.45) is 11.8 Å². The lowest BCUT2D eigenvalue weighted by molar-refractivity contribution is 0.0602. The maximum absolute atomic E-state index is 11.8. The van der Waals surface area contributed by atoms with Crippen LogP contribution in [-0.2, 0) is 4.74 Å². The summed E-state index contributed by atoms with van der Waals surface area (Å²) in [5, 5.41) is 3.36. The lowest BCUT2D eigenvalue weighted by Crippen LogP contribution is -2.17. The standard InChI is InChI=1S/C17H26N2O2/c1-12-4-3-5-13(10-12)8-9-19-16-7-6-14(18)11-15(16)17(20)21-2/h6-7,11-13,19H,3-5,8-10,18H2,1-2H3. The number of methoxy groups -OCH3 is 1. The first-order chi connectivity index (χ1) is 10.1. The van der Waals surface area contributed by atoms with Crippen LogP contribution in [0.15, 0.2) is 18.2 Å². The summed E-state index contributed by atoms with van der Waals surface area (Å²) in [5.74, 6) is 1.30. The number of hydrogen-bond donors (Lipinski definition) is 2. The molecule has 0 saturated heterocycles. The normalized spacial score (nSPS) is 21.8. The first kappa shape index (κ1) is 15.7. The first-order valence-electron chi connectivity index (χ1n) is 7.82. The molecular weight excluding hydrogens is 264 g/mol. The molecule has 0 bridgehead atoms. The summed E-state index contributed by atoms with van der Waals surface area (Å²) in [6, 6.07) is 5.32. The maximum atomic E-state index is 11.8. The quantitative estimate of drug-likeness (QED) is 0.641. The van der Waals surface area contributed by atoms with E-state index >= 15 is 0 Å². The smallest absolute Gasteiger partial charge is 0.340 e. The van der Waals surface area contributed by atoms with E-state index in [0.29, 0.717) is 11.3 Å². The van der Waals surface area contributed by atoms with Gasteiger partial charge in [-0.15, -0.1) is 0 Å². The van der Waals surface area contributed by atoms with Crippen LogP contribution in [0.3, 0.4) is 0 Å². The Morgan fingerprint density at radius 3 is 2.95 bits per heavy atom. The molecule has 1 aromatic carbocycles. The van der Waals surface area contributed by atoms with E-state index in [9.17, 15) is 4.79 Å². The van der Waals surface area contributed by atoms with Gasteiger partial charge >= 0.3 is 5.97 Å². The summed E-state index contributed by atoms with van der Waals surface area (Å²) in [5.41, 5.74) is 7.63. The van der Waals surface area contributed by atoms with Gasteiger partial charge in [0.25, 0.3) is 0 Å². The molecule has 2 unspecified atom stereocenters. The number of carbonyl (C=O) groups excluding carboxylic acids is 1. The van der Waals surface area contributed by atoms with Crippen LogP contribution in [0.5, 0.6) is 0 Å². The predicted octanol–water partition coefficient (Wildman–Crippen LogP) is 3.68. The second-order valence-corrected chi connectivity index (χ2v) is 6.15. The molecule has 21 heavy (non-hydrogen) atoms. The van der Waals surface area contributed by atoms with E-state index in [1.807, 2.05) is 6.07 Å². The van der Waals surface area contributed by atoms with Crippen molar-refractivity contribution < 1.29 is 9.53 Å². The molecule has 1 aliphatic rings. The zero-order valence-corrected chi connectivity index (χ0v) is 13.0. The molecule has 1 fully saturated rings. The largest absolute Gasteiger partial charge is 0.465 e. The highest BCUT2D eigenvalue weighted by Crippen LogP contribution is 2.30. The number of ether oxygens (including phenoxy) is 1. The molecule has 0 amide bonds. The Hall–Kier alpha value is -1.71. The Bertz CT molecular complexity index is 488. The van der Waals surface area contributed by atoms with E-state index in [4.69, 9.17) is 10.5 Å². The Labute approximate surface area is 127 Å². The summed E-state index contributed by atoms with van der Waals surface area (Å²) < 4.78 is 4.81. The number of esters is 1. The van der Waals surface area contributed by atoms with Gasteiger partial charge in [0.2, 0.25) is 0 Å². The van der Waals surface area contributed by atoms with Gasteiger partial charge < -0.3 is 15.8 Å². The van der Waals surface area contributed by atoms with Gasteiger partial charge in [-0.3, -0.25) is 0 Å². The van der Waals surface area contributed by atoms with Gasteiger partial charge in [-0.25, -0.2) is 4.79 Å². The van der Waals surface area contributed by atoms with Crippen LogP contribution >= 0.6 is 0 Å². The van der Waals surface area contributed by atoms with Crippen LogP contribution in [0.25, 0.3) is 0 Å². The minimum atomic E-state index is -0.351. The van der Waals surface area contributed by atoms with Crippen molar-refractivity contribution in [3.8, 4) is 0 Å². The van der Waals surface area contributed by atoms with Crippen LogP contribution in [0, 0.1) is 11.8 Å². The van der Waals surface area contributed by atoms with Gasteiger partial charge in [0.15, 0.2) is 0 Å². The highest BCUT2D eigenvalue weighted by atomic mass is 16.5. The zero-order chi connectivity index (χ0) is 15.2. The van der Waals surface area contributed by atoms with E-state index in [2.05, 4.69) is 12.2 Å². The second kappa shape index (κ2) is 7.34. The Morgan fingerprint density at radius 2 is 2.24 bits per heavy atom. The molecule has 0 radical (unpaired) electrons. The molecule has 3 N–H and O–H groups in total. The average Bonchev–Trinajstić information content (AvgIpc) is 2.48. The third kappa shape index (κ3) is 4.38. The topological polar surface area (TPSA) is 64.3 Å². The number of nitrogens with one attached hydrogen (secondary N) is 1. The van der Waals surface area contributed by atoms with Crippen molar-refractivity contribution >= 4 is 17.3 Å². The summed E-state index contributed by atoms with van der Waals surface area (Å²) in [7, 11) is 1.39. The number of benzene rings is 1. The molecule has 4 heteroatoms. The summed E-state index contributed by atoms with van der Waals surface area (Å²) >= 11 is 0. The van der Waals surface area contributed by atoms with Crippen molar-refractivity contribution in [3.63, 3.8) is 0 Å². The van der Waals surface area contributed by atoms with Gasteiger partial charge in [0.05, 0.1) is 12.7 Å². The minimum Gasteiger partial charge on any atom is -0.465 e. The van der Waals surface area contributed by atoms with Gasteiger partial charge in [0.1, 0.15) is 0 Å². The van der Waals surface area contributed by atoms with E-state index in [-0.39, 0.29) is 5.97 Å². The third-order valence-electron chi connectivity index (χ3n) is 4.36. The predicted molar refractivity (Wildman–Crippen MR) is 86.4 cm³/mol.